The monoisotopic (exact) mass is 643 g/mol. The molecule has 1 N–H and O–H groups in total. The molecular weight excluding hydrogens is 602 g/mol. The van der Waals surface area contributed by atoms with Gasteiger partial charge in [0.25, 0.3) is 5.91 Å². The van der Waals surface area contributed by atoms with Crippen LogP contribution < -0.4 is 9.64 Å². The first-order valence-corrected chi connectivity index (χ1v) is 16.1. The SMILES string of the molecule is COc1ccc(N2C/C=C\CCC(=O)N(C)[C@@H](C)[C@H](c3ccccc3)OC(=O)[C@@H]3[C@H]4C(=O)N(CCCO)[C@H](C2=O)[C@]42C=C[C@H]3O2)cc1. The van der Waals surface area contributed by atoms with E-state index in [1.807, 2.05) is 49.4 Å². The second-order valence-corrected chi connectivity index (χ2v) is 12.5. The van der Waals surface area contributed by atoms with Crippen LogP contribution in [0.3, 0.4) is 0 Å². The number of methoxy groups -OCH3 is 1. The van der Waals surface area contributed by atoms with Gasteiger partial charge < -0.3 is 34.0 Å². The number of ether oxygens (including phenoxy) is 3. The molecule has 0 radical (unpaired) electrons. The Kier molecular flexibility index (Phi) is 9.20. The largest absolute Gasteiger partial charge is 0.497 e. The average Bonchev–Trinajstić information content (AvgIpc) is 3.74. The maximum absolute atomic E-state index is 14.8. The second-order valence-electron chi connectivity index (χ2n) is 12.5. The van der Waals surface area contributed by atoms with Crippen molar-refractivity contribution in [3.8, 4) is 5.75 Å². The van der Waals surface area contributed by atoms with Crippen LogP contribution in [0.2, 0.25) is 0 Å². The fourth-order valence-electron chi connectivity index (χ4n) is 7.33. The molecule has 2 aromatic carbocycles. The van der Waals surface area contributed by atoms with Crippen LogP contribution in [-0.2, 0) is 28.7 Å². The lowest BCUT2D eigenvalue weighted by Crippen LogP contribution is -2.56. The van der Waals surface area contributed by atoms with E-state index in [0.717, 1.165) is 0 Å². The zero-order valence-electron chi connectivity index (χ0n) is 26.9. The number of esters is 1. The number of benzene rings is 2. The third kappa shape index (κ3) is 5.72. The Morgan fingerprint density at radius 2 is 1.74 bits per heavy atom. The Morgan fingerprint density at radius 3 is 2.45 bits per heavy atom. The topological polar surface area (TPSA) is 126 Å². The first-order valence-electron chi connectivity index (χ1n) is 16.1. The fourth-order valence-corrected chi connectivity index (χ4v) is 7.33. The first-order chi connectivity index (χ1) is 22.7. The maximum atomic E-state index is 14.8. The smallest absolute Gasteiger partial charge is 0.313 e. The molecule has 4 aliphatic rings. The minimum atomic E-state index is -1.40. The summed E-state index contributed by atoms with van der Waals surface area (Å²) in [6.45, 7) is 1.93. The van der Waals surface area contributed by atoms with Crippen molar-refractivity contribution in [2.24, 2.45) is 11.8 Å². The fraction of sp³-hybridized carbons (Fsp3) is 0.444. The quantitative estimate of drug-likeness (QED) is 0.376. The molecule has 2 fully saturated rings. The summed E-state index contributed by atoms with van der Waals surface area (Å²) in [5.74, 6) is -2.93. The molecule has 47 heavy (non-hydrogen) atoms. The Balaban J connectivity index is 1.45. The number of cyclic esters (lactones) is 1. The standard InChI is InChI=1S/C36H41N3O8/c1-23-31(24-11-6-4-7-12-24)46-35(44)29-27-18-19-36(47-27)30(29)33(42)39(21-10-22-40)32(36)34(43)38(25-14-16-26(45-3)17-15-25)20-9-5-8-13-28(41)37(23)2/h4-7,9,11-12,14-19,23,27,29-32,40H,8,10,13,20-22H2,1-3H3/b9-5-/t23-,27+,29-,30-,31+,32+,36-/m0/s1. The third-order valence-corrected chi connectivity index (χ3v) is 9.88. The number of carbonyl (C=O) groups excluding carboxylic acids is 4. The number of hydrogen-bond donors (Lipinski definition) is 1. The number of likely N-dealkylation sites (N-methyl/N-ethyl adjacent to an activating group) is 1. The molecule has 11 heteroatoms. The van der Waals surface area contributed by atoms with Crippen molar-refractivity contribution in [1.82, 2.24) is 9.80 Å². The van der Waals surface area contributed by atoms with E-state index >= 15 is 0 Å². The molecule has 0 aliphatic carbocycles. The second kappa shape index (κ2) is 13.3. The molecular formula is C36H41N3O8. The highest BCUT2D eigenvalue weighted by molar-refractivity contribution is 6.05. The van der Waals surface area contributed by atoms with E-state index in [0.29, 0.717) is 23.4 Å². The molecule has 11 nitrogen and oxygen atoms in total. The van der Waals surface area contributed by atoms with Crippen LogP contribution >= 0.6 is 0 Å². The predicted molar refractivity (Wildman–Crippen MR) is 172 cm³/mol. The van der Waals surface area contributed by atoms with Gasteiger partial charge in [0.2, 0.25) is 11.8 Å². The van der Waals surface area contributed by atoms with Crippen LogP contribution in [-0.4, -0.2) is 96.2 Å². The number of carbonyl (C=O) groups is 4. The van der Waals surface area contributed by atoms with Crippen molar-refractivity contribution in [3.63, 3.8) is 0 Å². The molecule has 0 unspecified atom stereocenters. The van der Waals surface area contributed by atoms with Gasteiger partial charge in [-0.05, 0) is 49.6 Å². The van der Waals surface area contributed by atoms with Gasteiger partial charge in [0.15, 0.2) is 0 Å². The Bertz CT molecular complexity index is 1560. The van der Waals surface area contributed by atoms with Crippen LogP contribution in [0.5, 0.6) is 5.75 Å². The number of anilines is 1. The summed E-state index contributed by atoms with van der Waals surface area (Å²) in [5, 5.41) is 9.72. The summed E-state index contributed by atoms with van der Waals surface area (Å²) in [5.41, 5.74) is -0.109. The summed E-state index contributed by atoms with van der Waals surface area (Å²) in [4.78, 5) is 61.3. The number of aliphatic hydroxyl groups is 1. The molecule has 4 heterocycles. The van der Waals surface area contributed by atoms with Gasteiger partial charge in [-0.3, -0.25) is 19.2 Å². The van der Waals surface area contributed by atoms with Gasteiger partial charge in [-0.2, -0.15) is 0 Å². The highest BCUT2D eigenvalue weighted by Gasteiger charge is 2.73. The van der Waals surface area contributed by atoms with Crippen LogP contribution in [0.15, 0.2) is 78.9 Å². The zero-order valence-corrected chi connectivity index (χ0v) is 26.9. The van der Waals surface area contributed by atoms with Crippen LogP contribution in [0, 0.1) is 11.8 Å². The van der Waals surface area contributed by atoms with Crippen molar-refractivity contribution in [2.75, 3.05) is 38.8 Å². The van der Waals surface area contributed by atoms with Gasteiger partial charge in [0.1, 0.15) is 29.4 Å². The van der Waals surface area contributed by atoms with Crippen LogP contribution in [0.4, 0.5) is 5.69 Å². The molecule has 0 saturated carbocycles. The number of rotatable bonds is 6. The molecule has 4 aliphatic heterocycles. The number of amides is 3. The first kappa shape index (κ1) is 32.5. The molecule has 7 atom stereocenters. The lowest BCUT2D eigenvalue weighted by atomic mass is 9.74. The number of hydrogen-bond acceptors (Lipinski definition) is 8. The number of fused-ring (bicyclic) bond motifs is 2. The average molecular weight is 644 g/mol. The van der Waals surface area contributed by atoms with E-state index < -0.39 is 53.6 Å². The maximum Gasteiger partial charge on any atom is 0.313 e. The molecule has 1 spiro atoms. The normalized spacial score (nSPS) is 31.7. The summed E-state index contributed by atoms with van der Waals surface area (Å²) < 4.78 is 18.1. The number of likely N-dealkylation sites (tertiary alicyclic amines) is 1. The molecule has 248 valence electrons. The van der Waals surface area contributed by atoms with E-state index in [1.165, 1.54) is 4.90 Å². The molecule has 3 amide bonds. The summed E-state index contributed by atoms with van der Waals surface area (Å²) in [6, 6.07) is 14.7. The zero-order chi connectivity index (χ0) is 33.3. The van der Waals surface area contributed by atoms with Gasteiger partial charge in [-0.25, -0.2) is 0 Å². The van der Waals surface area contributed by atoms with Gasteiger partial charge in [-0.15, -0.1) is 0 Å². The minimum absolute atomic E-state index is 0.108. The minimum Gasteiger partial charge on any atom is -0.497 e. The summed E-state index contributed by atoms with van der Waals surface area (Å²) in [6.07, 6.45) is 6.53. The van der Waals surface area contributed by atoms with Gasteiger partial charge >= 0.3 is 5.97 Å². The van der Waals surface area contributed by atoms with Crippen LogP contribution in [0.25, 0.3) is 0 Å². The molecule has 0 aromatic heterocycles. The molecule has 6 rings (SSSR count). The summed E-state index contributed by atoms with van der Waals surface area (Å²) in [7, 11) is 3.25. The molecule has 2 aromatic rings. The third-order valence-electron chi connectivity index (χ3n) is 9.88. The van der Waals surface area contributed by atoms with Crippen LogP contribution in [0.1, 0.15) is 37.9 Å². The Hall–Kier alpha value is -4.48. The van der Waals surface area contributed by atoms with E-state index in [-0.39, 0.29) is 44.4 Å². The van der Waals surface area contributed by atoms with Crippen molar-refractivity contribution < 1.29 is 38.5 Å². The van der Waals surface area contributed by atoms with Crippen molar-refractivity contribution in [2.45, 2.75) is 56.1 Å². The van der Waals surface area contributed by atoms with E-state index in [9.17, 15) is 24.3 Å². The van der Waals surface area contributed by atoms with Crippen molar-refractivity contribution in [3.05, 3.63) is 84.5 Å². The van der Waals surface area contributed by atoms with E-state index in [1.54, 1.807) is 60.4 Å². The number of aliphatic hydroxyl groups excluding tert-OH is 1. The van der Waals surface area contributed by atoms with Crippen molar-refractivity contribution >= 4 is 29.4 Å². The van der Waals surface area contributed by atoms with E-state index in [4.69, 9.17) is 14.2 Å². The predicted octanol–water partition coefficient (Wildman–Crippen LogP) is 3.04. The highest BCUT2D eigenvalue weighted by Crippen LogP contribution is 2.56. The highest BCUT2D eigenvalue weighted by atomic mass is 16.6. The van der Waals surface area contributed by atoms with Gasteiger partial charge in [0.05, 0.1) is 25.2 Å². The Morgan fingerprint density at radius 1 is 1.00 bits per heavy atom. The number of nitrogens with zero attached hydrogens (tertiary/aromatic N) is 3. The molecule has 5 bridgehead atoms. The van der Waals surface area contributed by atoms with E-state index in [2.05, 4.69) is 0 Å². The lowest BCUT2D eigenvalue weighted by molar-refractivity contribution is -0.164. The Labute approximate surface area is 274 Å². The van der Waals surface area contributed by atoms with Gasteiger partial charge in [-0.1, -0.05) is 54.6 Å². The lowest BCUT2D eigenvalue weighted by Gasteiger charge is -2.36. The van der Waals surface area contributed by atoms with Crippen molar-refractivity contribution in [1.29, 1.82) is 0 Å². The van der Waals surface area contributed by atoms with Gasteiger partial charge in [0, 0.05) is 38.9 Å². The molecule has 2 saturated heterocycles. The number of allylic oxidation sites excluding steroid dienone is 1. The summed E-state index contributed by atoms with van der Waals surface area (Å²) >= 11 is 0.